The number of fused-ring (bicyclic) bond motifs is 1. The number of nitrogens with zero attached hydrogens (tertiary/aromatic N) is 2. The summed E-state index contributed by atoms with van der Waals surface area (Å²) in [5, 5.41) is 0.769. The van der Waals surface area contributed by atoms with E-state index in [0.717, 1.165) is 0 Å². The van der Waals surface area contributed by atoms with Crippen LogP contribution in [0.15, 0.2) is 42.5 Å². The van der Waals surface area contributed by atoms with E-state index in [9.17, 15) is 19.2 Å². The van der Waals surface area contributed by atoms with Crippen molar-refractivity contribution in [3.05, 3.63) is 64.2 Å². The average Bonchev–Trinajstić information content (AvgIpc) is 3.19. The van der Waals surface area contributed by atoms with Crippen LogP contribution in [-0.4, -0.2) is 35.3 Å². The summed E-state index contributed by atoms with van der Waals surface area (Å²) in [5.74, 6) is -2.38. The summed E-state index contributed by atoms with van der Waals surface area (Å²) in [4.78, 5) is 55.6. The molecule has 0 N–H and O–H groups in total. The average molecular weight is 385 g/mol. The normalized spacial score (nSPS) is 16.1. The molecule has 0 radical (unpaired) electrons. The molecular weight excluding hydrogens is 372 g/mol. The zero-order valence-corrected chi connectivity index (χ0v) is 14.7. The highest BCUT2D eigenvalue weighted by Gasteiger charge is 2.39. The number of rotatable bonds is 3. The summed E-state index contributed by atoms with van der Waals surface area (Å²) in [6.45, 7) is 0.509. The number of carbonyl (C=O) groups excluding carboxylic acids is 4. The van der Waals surface area contributed by atoms with Crippen LogP contribution in [-0.2, 0) is 9.63 Å². The molecule has 1 saturated heterocycles. The fourth-order valence-electron chi connectivity index (χ4n) is 3.13. The summed E-state index contributed by atoms with van der Waals surface area (Å²) in [6.07, 6.45) is 1.12. The zero-order valence-electron chi connectivity index (χ0n) is 14.0. The molecule has 0 saturated carbocycles. The molecular formula is C19H13ClN2O5. The Morgan fingerprint density at radius 3 is 2.26 bits per heavy atom. The molecule has 8 heteroatoms. The second-order valence-corrected chi connectivity index (χ2v) is 6.55. The Hall–Kier alpha value is -3.19. The van der Waals surface area contributed by atoms with E-state index in [0.29, 0.717) is 35.2 Å². The maximum atomic E-state index is 12.5. The van der Waals surface area contributed by atoms with Crippen LogP contribution in [0.1, 0.15) is 43.9 Å². The van der Waals surface area contributed by atoms with Gasteiger partial charge in [0.15, 0.2) is 0 Å². The molecule has 2 heterocycles. The molecule has 0 spiro atoms. The molecule has 2 aromatic rings. The van der Waals surface area contributed by atoms with Crippen molar-refractivity contribution in [3.8, 4) is 0 Å². The van der Waals surface area contributed by atoms with E-state index in [2.05, 4.69) is 0 Å². The standard InChI is InChI=1S/C19H13ClN2O5/c20-14-8-7-11(10-15(14)21-9-3-6-16(21)23)19(26)27-22-17(24)12-4-1-2-5-13(12)18(22)25/h1-2,4-5,7-8,10H,3,6,9H2. The highest BCUT2D eigenvalue weighted by atomic mass is 35.5. The zero-order chi connectivity index (χ0) is 19.1. The predicted molar refractivity (Wildman–Crippen MR) is 95.4 cm³/mol. The van der Waals surface area contributed by atoms with E-state index < -0.39 is 17.8 Å². The van der Waals surface area contributed by atoms with E-state index in [1.807, 2.05) is 0 Å². The van der Waals surface area contributed by atoms with Crippen molar-refractivity contribution in [2.45, 2.75) is 12.8 Å². The quantitative estimate of drug-likeness (QED) is 0.760. The van der Waals surface area contributed by atoms with Gasteiger partial charge < -0.3 is 9.74 Å². The van der Waals surface area contributed by atoms with Gasteiger partial charge in [-0.3, -0.25) is 14.4 Å². The summed E-state index contributed by atoms with van der Waals surface area (Å²) in [6, 6.07) is 10.5. The number of hydroxylamine groups is 2. The number of imide groups is 1. The minimum Gasteiger partial charge on any atom is -0.324 e. The van der Waals surface area contributed by atoms with E-state index in [4.69, 9.17) is 16.4 Å². The lowest BCUT2D eigenvalue weighted by molar-refractivity contribution is -0.117. The fraction of sp³-hybridized carbons (Fsp3) is 0.158. The van der Waals surface area contributed by atoms with Gasteiger partial charge in [-0.1, -0.05) is 28.8 Å². The second kappa shape index (κ2) is 6.51. The SMILES string of the molecule is O=C(ON1C(=O)c2ccccc2C1=O)c1ccc(Cl)c(N2CCCC2=O)c1. The molecule has 1 fully saturated rings. The first-order chi connectivity index (χ1) is 13.0. The summed E-state index contributed by atoms with van der Waals surface area (Å²) in [5.41, 5.74) is 0.825. The van der Waals surface area contributed by atoms with Crippen molar-refractivity contribution in [2.24, 2.45) is 0 Å². The molecule has 7 nitrogen and oxygen atoms in total. The summed E-state index contributed by atoms with van der Waals surface area (Å²) in [7, 11) is 0. The monoisotopic (exact) mass is 384 g/mol. The number of hydrogen-bond acceptors (Lipinski definition) is 5. The molecule has 2 aliphatic rings. The van der Waals surface area contributed by atoms with Crippen LogP contribution in [0.3, 0.4) is 0 Å². The third kappa shape index (κ3) is 2.86. The Bertz CT molecular complexity index is 968. The van der Waals surface area contributed by atoms with Gasteiger partial charge in [0.25, 0.3) is 11.8 Å². The van der Waals surface area contributed by atoms with Crippen LogP contribution in [0.25, 0.3) is 0 Å². The minimum absolute atomic E-state index is 0.0747. The van der Waals surface area contributed by atoms with Gasteiger partial charge in [0.05, 0.1) is 27.4 Å². The van der Waals surface area contributed by atoms with Crippen molar-refractivity contribution in [1.82, 2.24) is 5.06 Å². The van der Waals surface area contributed by atoms with Gasteiger partial charge in [0.2, 0.25) is 5.91 Å². The second-order valence-electron chi connectivity index (χ2n) is 6.14. The maximum Gasteiger partial charge on any atom is 0.364 e. The van der Waals surface area contributed by atoms with E-state index in [-0.39, 0.29) is 22.6 Å². The van der Waals surface area contributed by atoms with Crippen LogP contribution in [0.4, 0.5) is 5.69 Å². The molecule has 3 amide bonds. The first kappa shape index (κ1) is 17.2. The van der Waals surface area contributed by atoms with Gasteiger partial charge in [-0.25, -0.2) is 4.79 Å². The molecule has 0 unspecified atom stereocenters. The largest absolute Gasteiger partial charge is 0.364 e. The van der Waals surface area contributed by atoms with Crippen molar-refractivity contribution in [3.63, 3.8) is 0 Å². The Morgan fingerprint density at radius 1 is 1.00 bits per heavy atom. The Kier molecular flexibility index (Phi) is 4.16. The van der Waals surface area contributed by atoms with Crippen LogP contribution in [0, 0.1) is 0 Å². The summed E-state index contributed by atoms with van der Waals surface area (Å²) < 4.78 is 0. The first-order valence-electron chi connectivity index (χ1n) is 8.27. The van der Waals surface area contributed by atoms with Crippen LogP contribution in [0.2, 0.25) is 5.02 Å². The molecule has 2 aromatic carbocycles. The lowest BCUT2D eigenvalue weighted by Crippen LogP contribution is -2.32. The molecule has 0 bridgehead atoms. The number of halogens is 1. The Morgan fingerprint density at radius 2 is 1.67 bits per heavy atom. The molecule has 2 aliphatic heterocycles. The third-order valence-corrected chi connectivity index (χ3v) is 4.80. The lowest BCUT2D eigenvalue weighted by atomic mass is 10.1. The van der Waals surface area contributed by atoms with Gasteiger partial charge in [0, 0.05) is 13.0 Å². The van der Waals surface area contributed by atoms with Crippen molar-refractivity contribution in [2.75, 3.05) is 11.4 Å². The molecule has 27 heavy (non-hydrogen) atoms. The predicted octanol–water partition coefficient (Wildman–Crippen LogP) is 2.83. The maximum absolute atomic E-state index is 12.5. The Balaban J connectivity index is 1.59. The number of anilines is 1. The van der Waals surface area contributed by atoms with E-state index in [1.54, 1.807) is 12.1 Å². The summed E-state index contributed by atoms with van der Waals surface area (Å²) >= 11 is 6.16. The molecule has 0 atom stereocenters. The molecule has 136 valence electrons. The van der Waals surface area contributed by atoms with Crippen molar-refractivity contribution < 1.29 is 24.0 Å². The van der Waals surface area contributed by atoms with Crippen LogP contribution in [0.5, 0.6) is 0 Å². The van der Waals surface area contributed by atoms with Crippen LogP contribution >= 0.6 is 11.6 Å². The van der Waals surface area contributed by atoms with Crippen molar-refractivity contribution >= 4 is 41.0 Å². The van der Waals surface area contributed by atoms with Crippen molar-refractivity contribution in [1.29, 1.82) is 0 Å². The van der Waals surface area contributed by atoms with Gasteiger partial charge in [-0.05, 0) is 36.8 Å². The Labute approximate surface area is 159 Å². The molecule has 4 rings (SSSR count). The van der Waals surface area contributed by atoms with E-state index in [1.165, 1.54) is 35.2 Å². The number of amides is 3. The van der Waals surface area contributed by atoms with Gasteiger partial charge in [-0.15, -0.1) is 0 Å². The number of hydrogen-bond donors (Lipinski definition) is 0. The van der Waals surface area contributed by atoms with Gasteiger partial charge >= 0.3 is 5.97 Å². The highest BCUT2D eigenvalue weighted by Crippen LogP contribution is 2.31. The topological polar surface area (TPSA) is 84.0 Å². The number of carbonyl (C=O) groups is 4. The lowest BCUT2D eigenvalue weighted by Gasteiger charge is -2.18. The van der Waals surface area contributed by atoms with Crippen LogP contribution < -0.4 is 4.90 Å². The van der Waals surface area contributed by atoms with Gasteiger partial charge in [0.1, 0.15) is 0 Å². The molecule has 0 aliphatic carbocycles. The van der Waals surface area contributed by atoms with Gasteiger partial charge in [-0.2, -0.15) is 0 Å². The number of benzene rings is 2. The highest BCUT2D eigenvalue weighted by molar-refractivity contribution is 6.34. The third-order valence-electron chi connectivity index (χ3n) is 4.48. The smallest absolute Gasteiger partial charge is 0.324 e. The first-order valence-corrected chi connectivity index (χ1v) is 8.65. The molecule has 0 aromatic heterocycles. The van der Waals surface area contributed by atoms with E-state index >= 15 is 0 Å². The minimum atomic E-state index is -0.894. The fourth-order valence-corrected chi connectivity index (χ4v) is 3.35.